The van der Waals surface area contributed by atoms with E-state index in [-0.39, 0.29) is 5.78 Å². The average molecular weight is 248 g/mol. The van der Waals surface area contributed by atoms with Crippen molar-refractivity contribution in [2.45, 2.75) is 20.3 Å². The third-order valence-corrected chi connectivity index (χ3v) is 3.07. The van der Waals surface area contributed by atoms with E-state index in [2.05, 4.69) is 4.98 Å². The molecule has 1 aromatic carbocycles. The highest BCUT2D eigenvalue weighted by atomic mass is 16.4. The molecule has 0 atom stereocenters. The van der Waals surface area contributed by atoms with E-state index in [1.54, 1.807) is 18.2 Å². The minimum Gasteiger partial charge on any atom is -0.408 e. The number of aromatic nitrogens is 1. The van der Waals surface area contributed by atoms with Gasteiger partial charge in [-0.05, 0) is 31.2 Å². The molecule has 0 saturated carbocycles. The molecule has 3 N–H and O–H groups in total. The lowest BCUT2D eigenvalue weighted by Gasteiger charge is -2.22. The molecule has 1 aromatic heterocycles. The summed E-state index contributed by atoms with van der Waals surface area (Å²) in [5, 5.41) is 0. The summed E-state index contributed by atoms with van der Waals surface area (Å²) in [7, 11) is 0. The van der Waals surface area contributed by atoms with Gasteiger partial charge in [0.05, 0.1) is 5.52 Å². The smallest absolute Gasteiger partial charge is 0.408 e. The molecule has 0 amide bonds. The summed E-state index contributed by atoms with van der Waals surface area (Å²) in [6, 6.07) is 4.93. The van der Waals surface area contributed by atoms with Crippen LogP contribution in [0.4, 0.5) is 0 Å². The number of H-pyrrole nitrogens is 1. The van der Waals surface area contributed by atoms with E-state index in [1.165, 1.54) is 0 Å². The van der Waals surface area contributed by atoms with Crippen molar-refractivity contribution in [2.75, 3.05) is 6.54 Å². The monoisotopic (exact) mass is 248 g/mol. The summed E-state index contributed by atoms with van der Waals surface area (Å²) >= 11 is 0. The molecule has 0 saturated heterocycles. The first kappa shape index (κ1) is 12.6. The van der Waals surface area contributed by atoms with Crippen LogP contribution in [-0.2, 0) is 0 Å². The van der Waals surface area contributed by atoms with Crippen LogP contribution in [0.25, 0.3) is 11.1 Å². The fourth-order valence-electron chi connectivity index (χ4n) is 1.96. The van der Waals surface area contributed by atoms with Crippen LogP contribution in [0.5, 0.6) is 0 Å². The molecule has 0 fully saturated rings. The third kappa shape index (κ3) is 2.22. The van der Waals surface area contributed by atoms with Crippen molar-refractivity contribution in [1.82, 2.24) is 4.98 Å². The van der Waals surface area contributed by atoms with Crippen molar-refractivity contribution in [2.24, 2.45) is 11.1 Å². The Balaban J connectivity index is 2.41. The molecular formula is C13H16N2O3. The van der Waals surface area contributed by atoms with Crippen LogP contribution in [0.3, 0.4) is 0 Å². The number of nitrogens with two attached hydrogens (primary N) is 1. The van der Waals surface area contributed by atoms with Gasteiger partial charge in [-0.25, -0.2) is 4.79 Å². The quantitative estimate of drug-likeness (QED) is 0.805. The Bertz CT molecular complexity index is 637. The first-order valence-corrected chi connectivity index (χ1v) is 5.82. The fourth-order valence-corrected chi connectivity index (χ4v) is 1.96. The Morgan fingerprint density at radius 1 is 1.44 bits per heavy atom. The van der Waals surface area contributed by atoms with Crippen LogP contribution in [0.1, 0.15) is 30.6 Å². The molecule has 5 nitrogen and oxygen atoms in total. The topological polar surface area (TPSA) is 89.1 Å². The fraction of sp³-hybridized carbons (Fsp3) is 0.385. The average Bonchev–Trinajstić information content (AvgIpc) is 2.66. The second-order valence-corrected chi connectivity index (χ2v) is 4.98. The zero-order chi connectivity index (χ0) is 13.3. The third-order valence-electron chi connectivity index (χ3n) is 3.07. The van der Waals surface area contributed by atoms with Gasteiger partial charge in [-0.1, -0.05) is 13.8 Å². The Labute approximate surface area is 104 Å². The maximum atomic E-state index is 12.3. The van der Waals surface area contributed by atoms with Crippen molar-refractivity contribution < 1.29 is 9.21 Å². The lowest BCUT2D eigenvalue weighted by atomic mass is 9.81. The van der Waals surface area contributed by atoms with Gasteiger partial charge >= 0.3 is 5.76 Å². The van der Waals surface area contributed by atoms with E-state index in [4.69, 9.17) is 10.2 Å². The molecule has 96 valence electrons. The summed E-state index contributed by atoms with van der Waals surface area (Å²) in [5.41, 5.74) is 6.54. The number of ketones is 1. The number of benzene rings is 1. The summed E-state index contributed by atoms with van der Waals surface area (Å²) in [5.74, 6) is -0.507. The number of aromatic amines is 1. The minimum absolute atomic E-state index is 0.0110. The molecule has 5 heteroatoms. The molecule has 0 aliphatic carbocycles. The van der Waals surface area contributed by atoms with Crippen LogP contribution < -0.4 is 11.5 Å². The Kier molecular flexibility index (Phi) is 3.09. The molecule has 0 aliphatic rings. The van der Waals surface area contributed by atoms with E-state index < -0.39 is 11.2 Å². The van der Waals surface area contributed by atoms with Crippen molar-refractivity contribution >= 4 is 16.9 Å². The van der Waals surface area contributed by atoms with Gasteiger partial charge in [0.2, 0.25) is 0 Å². The van der Waals surface area contributed by atoms with Gasteiger partial charge in [0.1, 0.15) is 0 Å². The van der Waals surface area contributed by atoms with Crippen molar-refractivity contribution in [3.05, 3.63) is 34.3 Å². The van der Waals surface area contributed by atoms with Crippen molar-refractivity contribution in [3.63, 3.8) is 0 Å². The largest absolute Gasteiger partial charge is 0.417 e. The summed E-state index contributed by atoms with van der Waals surface area (Å²) in [4.78, 5) is 25.9. The minimum atomic E-state index is -0.518. The van der Waals surface area contributed by atoms with E-state index in [1.807, 2.05) is 13.8 Å². The van der Waals surface area contributed by atoms with Gasteiger partial charge in [-0.15, -0.1) is 0 Å². The van der Waals surface area contributed by atoms with Gasteiger partial charge in [0, 0.05) is 11.0 Å². The molecule has 0 unspecified atom stereocenters. The molecular weight excluding hydrogens is 232 g/mol. The lowest BCUT2D eigenvalue weighted by Crippen LogP contribution is -2.27. The molecule has 0 aliphatic heterocycles. The molecule has 18 heavy (non-hydrogen) atoms. The number of carbonyl (C=O) groups excluding carboxylic acids is 1. The first-order chi connectivity index (χ1) is 8.44. The SMILES string of the molecule is CC(C)(CCN)C(=O)c1ccc2oc(=O)[nH]c2c1. The second kappa shape index (κ2) is 4.42. The van der Waals surface area contributed by atoms with Gasteiger partial charge in [-0.3, -0.25) is 9.78 Å². The number of fused-ring (bicyclic) bond motifs is 1. The maximum Gasteiger partial charge on any atom is 0.417 e. The highest BCUT2D eigenvalue weighted by Gasteiger charge is 2.27. The molecule has 1 heterocycles. The van der Waals surface area contributed by atoms with E-state index in [0.29, 0.717) is 29.6 Å². The van der Waals surface area contributed by atoms with Crippen LogP contribution in [0.15, 0.2) is 27.4 Å². The van der Waals surface area contributed by atoms with E-state index in [9.17, 15) is 9.59 Å². The van der Waals surface area contributed by atoms with Gasteiger partial charge in [0.25, 0.3) is 0 Å². The summed E-state index contributed by atoms with van der Waals surface area (Å²) in [6.45, 7) is 4.19. The Hall–Kier alpha value is -1.88. The highest BCUT2D eigenvalue weighted by Crippen LogP contribution is 2.26. The highest BCUT2D eigenvalue weighted by molar-refractivity contribution is 6.02. The Morgan fingerprint density at radius 2 is 2.17 bits per heavy atom. The zero-order valence-corrected chi connectivity index (χ0v) is 10.4. The second-order valence-electron chi connectivity index (χ2n) is 4.98. The number of rotatable bonds is 4. The molecule has 0 spiro atoms. The van der Waals surface area contributed by atoms with Crippen LogP contribution in [0.2, 0.25) is 0 Å². The number of hydrogen-bond acceptors (Lipinski definition) is 4. The molecule has 0 radical (unpaired) electrons. The van der Waals surface area contributed by atoms with E-state index >= 15 is 0 Å². The van der Waals surface area contributed by atoms with Crippen LogP contribution >= 0.6 is 0 Å². The van der Waals surface area contributed by atoms with Crippen molar-refractivity contribution in [3.8, 4) is 0 Å². The van der Waals surface area contributed by atoms with Crippen LogP contribution in [0, 0.1) is 5.41 Å². The van der Waals surface area contributed by atoms with E-state index in [0.717, 1.165) is 0 Å². The number of nitrogens with one attached hydrogen (secondary N) is 1. The number of carbonyl (C=O) groups is 1. The summed E-state index contributed by atoms with van der Waals surface area (Å²) in [6.07, 6.45) is 0.617. The number of oxazole rings is 1. The Morgan fingerprint density at radius 3 is 2.83 bits per heavy atom. The summed E-state index contributed by atoms with van der Waals surface area (Å²) < 4.78 is 4.89. The molecule has 0 bridgehead atoms. The van der Waals surface area contributed by atoms with Gasteiger partial charge in [-0.2, -0.15) is 0 Å². The normalized spacial score (nSPS) is 11.9. The van der Waals surface area contributed by atoms with Crippen molar-refractivity contribution in [1.29, 1.82) is 0 Å². The predicted molar refractivity (Wildman–Crippen MR) is 68.6 cm³/mol. The van der Waals surface area contributed by atoms with Gasteiger partial charge < -0.3 is 10.2 Å². The van der Waals surface area contributed by atoms with Crippen LogP contribution in [-0.4, -0.2) is 17.3 Å². The molecule has 2 aromatic rings. The maximum absolute atomic E-state index is 12.3. The number of hydrogen-bond donors (Lipinski definition) is 2. The predicted octanol–water partition coefficient (Wildman–Crippen LogP) is 1.68. The van der Waals surface area contributed by atoms with Gasteiger partial charge in [0.15, 0.2) is 11.4 Å². The standard InChI is InChI=1S/C13H16N2O3/c1-13(2,5-6-14)11(16)8-3-4-10-9(7-8)15-12(17)18-10/h3-4,7H,5-6,14H2,1-2H3,(H,15,17). The number of Topliss-reactive ketones (excluding diaryl/α,β-unsaturated/α-hetero) is 1. The zero-order valence-electron chi connectivity index (χ0n) is 10.4. The molecule has 2 rings (SSSR count). The first-order valence-electron chi connectivity index (χ1n) is 5.82. The lowest BCUT2D eigenvalue weighted by molar-refractivity contribution is 0.0829.